The van der Waals surface area contributed by atoms with Gasteiger partial charge in [0, 0.05) is 5.97 Å². The fourth-order valence-corrected chi connectivity index (χ4v) is 3.05. The fourth-order valence-electron chi connectivity index (χ4n) is 3.05. The molecular weight excluding hydrogens is 319 g/mol. The maximum absolute atomic E-state index is 10.3. The van der Waals surface area contributed by atoms with Gasteiger partial charge in [0.05, 0.1) is 0 Å². The molecule has 2 nitrogen and oxygen atoms in total. The minimum absolute atomic E-state index is 0. The molecule has 0 aromatic heterocycles. The van der Waals surface area contributed by atoms with Crippen LogP contribution in [0.2, 0.25) is 0 Å². The van der Waals surface area contributed by atoms with E-state index in [1.807, 2.05) is 0 Å². The van der Waals surface area contributed by atoms with Crippen molar-refractivity contribution < 1.29 is 39.5 Å². The number of hydrogen-bond acceptors (Lipinski definition) is 2. The van der Waals surface area contributed by atoms with Crippen LogP contribution in [0.25, 0.3) is 0 Å². The van der Waals surface area contributed by atoms with Crippen LogP contribution in [0.5, 0.6) is 0 Å². The zero-order valence-electron chi connectivity index (χ0n) is 17.2. The van der Waals surface area contributed by atoms with E-state index in [2.05, 4.69) is 19.1 Å². The quantitative estimate of drug-likeness (QED) is 0.201. The molecule has 0 heterocycles. The van der Waals surface area contributed by atoms with Gasteiger partial charge in [-0.25, -0.2) is 0 Å². The zero-order chi connectivity index (χ0) is 17.7. The van der Waals surface area contributed by atoms with Crippen LogP contribution in [0.4, 0.5) is 0 Å². The van der Waals surface area contributed by atoms with Crippen molar-refractivity contribution >= 4 is 5.97 Å². The fraction of sp³-hybridized carbons (Fsp3) is 0.864. The van der Waals surface area contributed by atoms with E-state index < -0.39 is 5.97 Å². The van der Waals surface area contributed by atoms with Gasteiger partial charge < -0.3 is 9.90 Å². The summed E-state index contributed by atoms with van der Waals surface area (Å²) in [4.78, 5) is 10.3. The van der Waals surface area contributed by atoms with Gasteiger partial charge in [0.25, 0.3) is 0 Å². The van der Waals surface area contributed by atoms with Gasteiger partial charge in [-0.2, -0.15) is 0 Å². The minimum atomic E-state index is -0.906. The van der Waals surface area contributed by atoms with E-state index in [9.17, 15) is 9.90 Å². The van der Waals surface area contributed by atoms with Gasteiger partial charge in [-0.3, -0.25) is 0 Å². The van der Waals surface area contributed by atoms with Crippen LogP contribution in [0, 0.1) is 0 Å². The summed E-state index contributed by atoms with van der Waals surface area (Å²) in [6, 6.07) is 0. The molecule has 0 aliphatic carbocycles. The molecule has 142 valence electrons. The number of rotatable bonds is 19. The summed E-state index contributed by atoms with van der Waals surface area (Å²) in [5.41, 5.74) is 0. The third kappa shape index (κ3) is 26.5. The zero-order valence-corrected chi connectivity index (χ0v) is 19.2. The second-order valence-electron chi connectivity index (χ2n) is 7.12. The Morgan fingerprint density at radius 2 is 1.00 bits per heavy atom. The van der Waals surface area contributed by atoms with Gasteiger partial charge in [-0.05, 0) is 38.5 Å². The van der Waals surface area contributed by atoms with Crippen molar-refractivity contribution in [3.63, 3.8) is 0 Å². The molecule has 0 saturated heterocycles. The predicted molar refractivity (Wildman–Crippen MR) is 103 cm³/mol. The summed E-state index contributed by atoms with van der Waals surface area (Å²) in [5.74, 6) is -0.906. The Labute approximate surface area is 179 Å². The van der Waals surface area contributed by atoms with Crippen molar-refractivity contribution in [1.82, 2.24) is 0 Å². The Kier molecular flexibility index (Phi) is 26.6. The second-order valence-corrected chi connectivity index (χ2v) is 7.12. The molecule has 0 aromatic rings. The van der Waals surface area contributed by atoms with E-state index in [0.717, 1.165) is 12.8 Å². The first kappa shape index (κ1) is 27.4. The third-order valence-electron chi connectivity index (χ3n) is 4.64. The van der Waals surface area contributed by atoms with E-state index >= 15 is 0 Å². The summed E-state index contributed by atoms with van der Waals surface area (Å²) < 4.78 is 0. The van der Waals surface area contributed by atoms with Gasteiger partial charge in [0.15, 0.2) is 0 Å². The molecule has 25 heavy (non-hydrogen) atoms. The van der Waals surface area contributed by atoms with Crippen molar-refractivity contribution in [2.45, 2.75) is 122 Å². The van der Waals surface area contributed by atoms with Crippen molar-refractivity contribution in [1.29, 1.82) is 0 Å². The van der Waals surface area contributed by atoms with Crippen molar-refractivity contribution in [2.24, 2.45) is 0 Å². The Balaban J connectivity index is 0. The topological polar surface area (TPSA) is 40.1 Å². The van der Waals surface area contributed by atoms with Crippen molar-refractivity contribution in [3.8, 4) is 0 Å². The van der Waals surface area contributed by atoms with E-state index in [1.165, 1.54) is 96.3 Å². The van der Waals surface area contributed by atoms with Gasteiger partial charge in [0.1, 0.15) is 0 Å². The third-order valence-corrected chi connectivity index (χ3v) is 4.64. The minimum Gasteiger partial charge on any atom is -0.550 e. The van der Waals surface area contributed by atoms with Crippen LogP contribution in [-0.4, -0.2) is 5.97 Å². The Hall–Kier alpha value is 0.210. The number of carboxylic acids is 1. The summed E-state index contributed by atoms with van der Waals surface area (Å²) in [6.45, 7) is 2.27. The molecule has 0 amide bonds. The first-order valence-corrected chi connectivity index (χ1v) is 10.6. The number of carbonyl (C=O) groups is 1. The van der Waals surface area contributed by atoms with Gasteiger partial charge in [0.2, 0.25) is 0 Å². The number of allylic oxidation sites excluding steroid dienone is 2. The molecule has 0 unspecified atom stereocenters. The summed E-state index contributed by atoms with van der Waals surface area (Å²) in [5, 5.41) is 10.3. The van der Waals surface area contributed by atoms with Crippen LogP contribution >= 0.6 is 0 Å². The van der Waals surface area contributed by atoms with E-state index in [-0.39, 0.29) is 36.0 Å². The smallest absolute Gasteiger partial charge is 0.550 e. The molecule has 0 aliphatic heterocycles. The Morgan fingerprint density at radius 3 is 1.40 bits per heavy atom. The van der Waals surface area contributed by atoms with Gasteiger partial charge in [-0.15, -0.1) is 0 Å². The normalized spacial score (nSPS) is 10.9. The van der Waals surface area contributed by atoms with Gasteiger partial charge >= 0.3 is 29.6 Å². The first-order chi connectivity index (χ1) is 11.8. The Morgan fingerprint density at radius 1 is 0.640 bits per heavy atom. The molecular formula is C22H41NaO2. The largest absolute Gasteiger partial charge is 1.00 e. The maximum Gasteiger partial charge on any atom is 1.00 e. The molecule has 0 saturated carbocycles. The predicted octanol–water partition coefficient (Wildman–Crippen LogP) is 3.34. The molecule has 0 bridgehead atoms. The number of unbranched alkanes of at least 4 members (excludes halogenated alkanes) is 15. The SMILES string of the molecule is CCCCCCCC/C=C/CCCCCCCCCCCC(=O)[O-].[Na+]. The molecule has 0 aromatic carbocycles. The average Bonchev–Trinajstić information content (AvgIpc) is 2.56. The van der Waals surface area contributed by atoms with Crippen molar-refractivity contribution in [2.75, 3.05) is 0 Å². The van der Waals surface area contributed by atoms with E-state index in [0.29, 0.717) is 0 Å². The number of aliphatic carboxylic acids is 1. The molecule has 3 heteroatoms. The molecule has 0 spiro atoms. The van der Waals surface area contributed by atoms with Crippen LogP contribution in [0.3, 0.4) is 0 Å². The van der Waals surface area contributed by atoms with Crippen LogP contribution in [-0.2, 0) is 4.79 Å². The molecule has 0 aliphatic rings. The summed E-state index contributed by atoms with van der Waals surface area (Å²) in [6.07, 6.45) is 26.8. The molecule has 0 radical (unpaired) electrons. The van der Waals surface area contributed by atoms with Crippen LogP contribution in [0.15, 0.2) is 12.2 Å². The molecule has 0 N–H and O–H groups in total. The molecule has 0 atom stereocenters. The monoisotopic (exact) mass is 360 g/mol. The molecule has 0 rings (SSSR count). The second kappa shape index (κ2) is 24.2. The summed E-state index contributed by atoms with van der Waals surface area (Å²) in [7, 11) is 0. The first-order valence-electron chi connectivity index (χ1n) is 10.6. The number of hydrogen-bond donors (Lipinski definition) is 0. The van der Waals surface area contributed by atoms with Gasteiger partial charge in [-0.1, -0.05) is 96.1 Å². The standard InChI is InChI=1S/C22H42O2.Na/c1-2-3-4-5-6-7-8-9-10-11-12-13-14-15-16-17-18-19-20-21-22(23)24;/h9-10H,2-8,11-21H2,1H3,(H,23,24);/q;+1/p-1/b10-9+;. The van der Waals surface area contributed by atoms with Crippen molar-refractivity contribution in [3.05, 3.63) is 12.2 Å². The molecule has 0 fully saturated rings. The van der Waals surface area contributed by atoms with Crippen LogP contribution < -0.4 is 34.7 Å². The number of carboxylic acid groups (broad SMARTS) is 1. The van der Waals surface area contributed by atoms with E-state index in [4.69, 9.17) is 0 Å². The van der Waals surface area contributed by atoms with Crippen LogP contribution in [0.1, 0.15) is 122 Å². The summed E-state index contributed by atoms with van der Waals surface area (Å²) >= 11 is 0. The Bertz CT molecular complexity index is 290. The number of carbonyl (C=O) groups excluding carboxylic acids is 1. The average molecular weight is 361 g/mol. The van der Waals surface area contributed by atoms with E-state index in [1.54, 1.807) is 0 Å². The maximum atomic E-state index is 10.3.